The van der Waals surface area contributed by atoms with Crippen LogP contribution in [0.15, 0.2) is 97.1 Å². The summed E-state index contributed by atoms with van der Waals surface area (Å²) in [5, 5.41) is 35.2. The van der Waals surface area contributed by atoms with Gasteiger partial charge in [0.2, 0.25) is 35.4 Å². The van der Waals surface area contributed by atoms with Gasteiger partial charge in [-0.05, 0) is 115 Å². The number of amides is 7. The Morgan fingerprint density at radius 3 is 1.88 bits per heavy atom. The fraction of sp³-hybridized carbons (Fsp3) is 0.500. The van der Waals surface area contributed by atoms with Crippen LogP contribution in [0.4, 0.5) is 0 Å². The van der Waals surface area contributed by atoms with Crippen molar-refractivity contribution in [2.75, 3.05) is 52.6 Å². The molecule has 2 fully saturated rings. The molecule has 6 unspecified atom stereocenters. The molecule has 20 heteroatoms. The minimum atomic E-state index is -1.63. The number of carbonyl (C=O) groups excluding carboxylic acids is 7. The molecular weight excluding hydrogens is 1050 g/mol. The molecule has 7 amide bonds. The number of nitrogens with two attached hydrogens (primary N) is 1. The number of carbonyl (C=O) groups is 7. The van der Waals surface area contributed by atoms with E-state index in [1.807, 2.05) is 74.5 Å². The second-order valence-electron chi connectivity index (χ2n) is 21.1. The highest BCUT2D eigenvalue weighted by Gasteiger charge is 2.43. The molecular formula is C62H84N8O12. The Hall–Kier alpha value is -7.39. The van der Waals surface area contributed by atoms with Crippen LogP contribution >= 0.6 is 0 Å². The Morgan fingerprint density at radius 2 is 1.27 bits per heavy atom. The van der Waals surface area contributed by atoms with E-state index in [0.29, 0.717) is 56.8 Å². The minimum Gasteiger partial charge on any atom is -0.508 e. The van der Waals surface area contributed by atoms with E-state index in [9.17, 15) is 43.8 Å². The smallest absolute Gasteiger partial charge is 0.251 e. The number of rotatable bonds is 31. The van der Waals surface area contributed by atoms with E-state index in [4.69, 9.17) is 19.9 Å². The number of aliphatic hydroxyl groups is 1. The third-order valence-corrected chi connectivity index (χ3v) is 14.8. The van der Waals surface area contributed by atoms with Gasteiger partial charge in [-0.2, -0.15) is 0 Å². The van der Waals surface area contributed by atoms with Gasteiger partial charge < -0.3 is 66.5 Å². The first-order valence-electron chi connectivity index (χ1n) is 29.0. The molecule has 8 atom stereocenters. The molecule has 4 aromatic rings. The summed E-state index contributed by atoms with van der Waals surface area (Å²) in [6, 6.07) is 23.3. The van der Waals surface area contributed by atoms with Crippen LogP contribution in [-0.4, -0.2) is 157 Å². The molecule has 0 aromatic heterocycles. The van der Waals surface area contributed by atoms with Crippen molar-refractivity contribution in [2.24, 2.45) is 11.7 Å². The Labute approximate surface area is 481 Å². The van der Waals surface area contributed by atoms with E-state index in [2.05, 4.69) is 33.5 Å². The number of ether oxygens (including phenoxy) is 3. The minimum absolute atomic E-state index is 0.0154. The number of aromatic hydroxyl groups is 1. The Balaban J connectivity index is 1.04. The van der Waals surface area contributed by atoms with E-state index < -0.39 is 90.4 Å². The van der Waals surface area contributed by atoms with Crippen molar-refractivity contribution >= 4 is 41.4 Å². The molecule has 4 aromatic carbocycles. The molecule has 6 rings (SSSR count). The van der Waals surface area contributed by atoms with Crippen LogP contribution in [0.2, 0.25) is 0 Å². The summed E-state index contributed by atoms with van der Waals surface area (Å²) in [6.45, 7) is 11.3. The molecule has 0 radical (unpaired) electrons. The number of hydrogen-bond acceptors (Lipinski definition) is 13. The first kappa shape index (κ1) is 63.8. The lowest BCUT2D eigenvalue weighted by Gasteiger charge is -2.32. The largest absolute Gasteiger partial charge is 0.508 e. The highest BCUT2D eigenvalue weighted by molar-refractivity contribution is 5.99. The van der Waals surface area contributed by atoms with Crippen LogP contribution in [0.25, 0.3) is 22.3 Å². The predicted molar refractivity (Wildman–Crippen MR) is 311 cm³/mol. The molecule has 20 nitrogen and oxygen atoms in total. The SMILES string of the molecule is CCCCCOc1ccc(-c2ccc(-c3ccc(C(=O)NCC(=O)NC(CC)C(=O)N4CCCC4C(=O)NC(C(=O)NC(CC)C(=O)N4C[C@H](C)CC4C(=O)NC(CC)OCCOCCN)[C@H](O)Cc4ccc(O)cc4)cc3)cc2)cc1. The molecule has 0 aliphatic carbocycles. The quantitative estimate of drug-likeness (QED) is 0.0244. The van der Waals surface area contributed by atoms with Crippen LogP contribution in [0.3, 0.4) is 0 Å². The van der Waals surface area contributed by atoms with Crippen LogP contribution in [0, 0.1) is 5.92 Å². The Morgan fingerprint density at radius 1 is 0.671 bits per heavy atom. The third-order valence-electron chi connectivity index (χ3n) is 14.8. The van der Waals surface area contributed by atoms with Crippen molar-refractivity contribution in [3.05, 3.63) is 108 Å². The van der Waals surface area contributed by atoms with Crippen molar-refractivity contribution in [1.82, 2.24) is 36.4 Å². The number of nitrogens with zero attached hydrogens (tertiary/aromatic N) is 2. The maximum Gasteiger partial charge on any atom is 0.251 e. The van der Waals surface area contributed by atoms with Crippen LogP contribution in [0.5, 0.6) is 11.5 Å². The lowest BCUT2D eigenvalue weighted by atomic mass is 9.99. The average Bonchev–Trinajstić information content (AvgIpc) is 4.36. The summed E-state index contributed by atoms with van der Waals surface area (Å²) in [7, 11) is 0. The number of hydrogen-bond donors (Lipinski definition) is 8. The van der Waals surface area contributed by atoms with Crippen molar-refractivity contribution in [3.8, 4) is 33.8 Å². The summed E-state index contributed by atoms with van der Waals surface area (Å²) < 4.78 is 17.0. The topological polar surface area (TPSA) is 280 Å². The summed E-state index contributed by atoms with van der Waals surface area (Å²) in [5.41, 5.74) is 10.3. The van der Waals surface area contributed by atoms with E-state index in [-0.39, 0.29) is 57.0 Å². The number of likely N-dealkylation sites (tertiary alicyclic amines) is 2. The van der Waals surface area contributed by atoms with Gasteiger partial charge in [0, 0.05) is 31.6 Å². The normalized spacial score (nSPS) is 17.7. The average molecular weight is 1130 g/mol. The van der Waals surface area contributed by atoms with Gasteiger partial charge in [0.25, 0.3) is 5.91 Å². The van der Waals surface area contributed by atoms with Crippen molar-refractivity contribution in [3.63, 3.8) is 0 Å². The molecule has 0 saturated carbocycles. The molecule has 82 heavy (non-hydrogen) atoms. The lowest BCUT2D eigenvalue weighted by molar-refractivity contribution is -0.144. The standard InChI is InChI=1S/C62H84N8O12/c1-6-10-11-32-81-48-28-24-45(25-29-48)43-18-16-42(17-19-43)44-20-22-46(23-21-44)57(74)64-38-54(73)65-49(7-2)61(78)69-31-12-13-51(69)58(75)68-56(53(72)37-41-14-26-47(71)27-15-41)60(77)66-50(8-3)62(79)70-39-40(5)36-52(70)59(76)67-55(9-4)82-35-34-80-33-30-63/h14-29,40,49-53,55-56,71-72H,6-13,30-39,63H2,1-5H3,(H,64,74)(H,65,73)(H,66,77)(H,67,76)(H,68,75)/t40-,49?,50?,51?,52?,53-,55?,56?/m1/s1. The van der Waals surface area contributed by atoms with Gasteiger partial charge in [-0.25, -0.2) is 0 Å². The van der Waals surface area contributed by atoms with Crippen LogP contribution in [-0.2, 0) is 44.7 Å². The van der Waals surface area contributed by atoms with E-state index in [0.717, 1.165) is 47.3 Å². The second kappa shape index (κ2) is 32.3. The molecule has 2 saturated heterocycles. The molecule has 0 spiro atoms. The highest BCUT2D eigenvalue weighted by Crippen LogP contribution is 2.28. The monoisotopic (exact) mass is 1130 g/mol. The number of aliphatic hydroxyl groups excluding tert-OH is 1. The summed E-state index contributed by atoms with van der Waals surface area (Å²) in [6.07, 6.45) is 2.72. The summed E-state index contributed by atoms with van der Waals surface area (Å²) in [4.78, 5) is 100. The summed E-state index contributed by atoms with van der Waals surface area (Å²) >= 11 is 0. The van der Waals surface area contributed by atoms with Crippen molar-refractivity contribution in [1.29, 1.82) is 0 Å². The summed E-state index contributed by atoms with van der Waals surface area (Å²) in [5.74, 6) is -3.40. The Bertz CT molecular complexity index is 2710. The van der Waals surface area contributed by atoms with Gasteiger partial charge in [-0.1, -0.05) is 108 Å². The van der Waals surface area contributed by atoms with Gasteiger partial charge >= 0.3 is 0 Å². The van der Waals surface area contributed by atoms with Gasteiger partial charge in [-0.15, -0.1) is 0 Å². The fourth-order valence-corrected chi connectivity index (χ4v) is 10.2. The maximum absolute atomic E-state index is 14.4. The van der Waals surface area contributed by atoms with Gasteiger partial charge in [-0.3, -0.25) is 33.6 Å². The van der Waals surface area contributed by atoms with Gasteiger partial charge in [0.1, 0.15) is 47.9 Å². The van der Waals surface area contributed by atoms with Crippen molar-refractivity contribution in [2.45, 2.75) is 141 Å². The zero-order chi connectivity index (χ0) is 59.1. The molecule has 2 aliphatic rings. The highest BCUT2D eigenvalue weighted by atomic mass is 16.5. The van der Waals surface area contributed by atoms with E-state index in [1.165, 1.54) is 21.9 Å². The first-order valence-corrected chi connectivity index (χ1v) is 29.0. The van der Waals surface area contributed by atoms with Crippen LogP contribution < -0.4 is 37.1 Å². The van der Waals surface area contributed by atoms with E-state index in [1.54, 1.807) is 38.1 Å². The molecule has 2 heterocycles. The van der Waals surface area contributed by atoms with Gasteiger partial charge in [0.15, 0.2) is 0 Å². The molecule has 444 valence electrons. The number of benzene rings is 4. The first-order chi connectivity index (χ1) is 39.6. The van der Waals surface area contributed by atoms with E-state index >= 15 is 0 Å². The number of nitrogens with one attached hydrogen (secondary N) is 5. The van der Waals surface area contributed by atoms with Crippen molar-refractivity contribution < 1.29 is 58.0 Å². The second-order valence-corrected chi connectivity index (χ2v) is 21.1. The predicted octanol–water partition coefficient (Wildman–Crippen LogP) is 4.98. The maximum atomic E-state index is 14.4. The molecule has 9 N–H and O–H groups in total. The molecule has 2 aliphatic heterocycles. The van der Waals surface area contributed by atoms with Gasteiger partial charge in [0.05, 0.1) is 39.1 Å². The fourth-order valence-electron chi connectivity index (χ4n) is 10.2. The zero-order valence-corrected chi connectivity index (χ0v) is 48.0. The lowest BCUT2D eigenvalue weighted by Crippen LogP contribution is -2.61. The third kappa shape index (κ3) is 18.3. The molecule has 0 bridgehead atoms. The Kier molecular flexibility index (Phi) is 25.1. The van der Waals surface area contributed by atoms with Crippen LogP contribution in [0.1, 0.15) is 108 Å². The number of phenols is 1. The zero-order valence-electron chi connectivity index (χ0n) is 48.0. The number of unbranched alkanes of at least 4 members (excludes halogenated alkanes) is 2. The number of phenolic OH excluding ortho intramolecular Hbond substituents is 1.